The second-order valence-corrected chi connectivity index (χ2v) is 5.99. The normalized spacial score (nSPS) is 11.1. The molecule has 3 aromatic rings. The first kappa shape index (κ1) is 11.8. The molecule has 0 aliphatic carbocycles. The Kier molecular flexibility index (Phi) is 2.93. The van der Waals surface area contributed by atoms with Gasteiger partial charge < -0.3 is 9.72 Å². The highest BCUT2D eigenvalue weighted by molar-refractivity contribution is 7.20. The van der Waals surface area contributed by atoms with E-state index in [4.69, 9.17) is 27.9 Å². The molecule has 1 N–H and O–H groups in total. The van der Waals surface area contributed by atoms with Gasteiger partial charge in [-0.3, -0.25) is 0 Å². The highest BCUT2D eigenvalue weighted by Gasteiger charge is 2.12. The second-order valence-electron chi connectivity index (χ2n) is 3.71. The van der Waals surface area contributed by atoms with E-state index in [0.29, 0.717) is 14.5 Å². The van der Waals surface area contributed by atoms with Crippen LogP contribution in [-0.2, 0) is 0 Å². The Balaban J connectivity index is 2.16. The Morgan fingerprint density at radius 2 is 2.11 bits per heavy atom. The maximum absolute atomic E-state index is 6.12. The molecular weight excluding hydrogens is 291 g/mol. The molecule has 2 aromatic heterocycles. The van der Waals surface area contributed by atoms with Crippen LogP contribution in [0.5, 0.6) is 5.75 Å². The van der Waals surface area contributed by atoms with Gasteiger partial charge in [-0.1, -0.05) is 23.2 Å². The van der Waals surface area contributed by atoms with Gasteiger partial charge in [-0.25, -0.2) is 4.98 Å². The summed E-state index contributed by atoms with van der Waals surface area (Å²) in [5, 5.41) is 0. The van der Waals surface area contributed by atoms with Crippen molar-refractivity contribution in [3.63, 3.8) is 0 Å². The summed E-state index contributed by atoms with van der Waals surface area (Å²) in [5.41, 5.74) is 2.59. The van der Waals surface area contributed by atoms with Crippen molar-refractivity contribution in [1.29, 1.82) is 0 Å². The molecule has 0 aliphatic rings. The molecule has 0 fully saturated rings. The van der Waals surface area contributed by atoms with Crippen molar-refractivity contribution >= 4 is 45.6 Å². The van der Waals surface area contributed by atoms with Crippen molar-refractivity contribution in [3.8, 4) is 17.1 Å². The molecule has 3 nitrogen and oxygen atoms in total. The maximum Gasteiger partial charge on any atom is 0.140 e. The van der Waals surface area contributed by atoms with Crippen LogP contribution in [0.15, 0.2) is 24.3 Å². The Morgan fingerprint density at radius 1 is 1.28 bits per heavy atom. The summed E-state index contributed by atoms with van der Waals surface area (Å²) in [6, 6.07) is 7.47. The van der Waals surface area contributed by atoms with E-state index >= 15 is 0 Å². The SMILES string of the molecule is COc1ccc2nc(-c3cc(Cl)sc3Cl)[nH]c2c1. The third-order valence-electron chi connectivity index (χ3n) is 2.60. The zero-order valence-corrected chi connectivity index (χ0v) is 11.7. The van der Waals surface area contributed by atoms with Gasteiger partial charge in [0.25, 0.3) is 0 Å². The average molecular weight is 299 g/mol. The smallest absolute Gasteiger partial charge is 0.140 e. The van der Waals surface area contributed by atoms with E-state index in [1.165, 1.54) is 11.3 Å². The van der Waals surface area contributed by atoms with Crippen LogP contribution in [0.2, 0.25) is 8.67 Å². The van der Waals surface area contributed by atoms with E-state index in [1.807, 2.05) is 24.3 Å². The number of ether oxygens (including phenoxy) is 1. The monoisotopic (exact) mass is 298 g/mol. The summed E-state index contributed by atoms with van der Waals surface area (Å²) >= 11 is 13.4. The fraction of sp³-hybridized carbons (Fsp3) is 0.0833. The lowest BCUT2D eigenvalue weighted by Crippen LogP contribution is -1.81. The number of aromatic nitrogens is 2. The molecule has 2 heterocycles. The molecule has 0 unspecified atom stereocenters. The number of methoxy groups -OCH3 is 1. The molecule has 0 saturated carbocycles. The first-order valence-electron chi connectivity index (χ1n) is 5.16. The molecule has 92 valence electrons. The Morgan fingerprint density at radius 3 is 2.78 bits per heavy atom. The first-order valence-corrected chi connectivity index (χ1v) is 6.73. The van der Waals surface area contributed by atoms with Gasteiger partial charge in [-0.15, -0.1) is 11.3 Å². The van der Waals surface area contributed by atoms with E-state index < -0.39 is 0 Å². The van der Waals surface area contributed by atoms with Crippen molar-refractivity contribution in [2.24, 2.45) is 0 Å². The van der Waals surface area contributed by atoms with E-state index in [2.05, 4.69) is 9.97 Å². The van der Waals surface area contributed by atoms with Gasteiger partial charge in [0.15, 0.2) is 0 Å². The largest absolute Gasteiger partial charge is 0.497 e. The minimum absolute atomic E-state index is 0.631. The molecule has 0 amide bonds. The lowest BCUT2D eigenvalue weighted by Gasteiger charge is -1.96. The van der Waals surface area contributed by atoms with Crippen molar-refractivity contribution in [2.45, 2.75) is 0 Å². The van der Waals surface area contributed by atoms with E-state index in [0.717, 1.165) is 22.3 Å². The fourth-order valence-corrected chi connectivity index (χ4v) is 3.21. The number of hydrogen-bond donors (Lipinski definition) is 1. The molecule has 6 heteroatoms. The van der Waals surface area contributed by atoms with Crippen LogP contribution in [0.1, 0.15) is 0 Å². The number of thiophene rings is 1. The predicted octanol–water partition coefficient (Wildman–Crippen LogP) is 4.61. The number of nitrogens with zero attached hydrogens (tertiary/aromatic N) is 1. The van der Waals surface area contributed by atoms with Crippen molar-refractivity contribution < 1.29 is 4.74 Å². The van der Waals surface area contributed by atoms with Crippen molar-refractivity contribution in [1.82, 2.24) is 9.97 Å². The van der Waals surface area contributed by atoms with Crippen LogP contribution in [0.3, 0.4) is 0 Å². The van der Waals surface area contributed by atoms with Crippen LogP contribution >= 0.6 is 34.5 Å². The van der Waals surface area contributed by atoms with Crippen LogP contribution in [0, 0.1) is 0 Å². The molecule has 3 rings (SSSR count). The number of halogens is 2. The van der Waals surface area contributed by atoms with Crippen LogP contribution in [0.4, 0.5) is 0 Å². The van der Waals surface area contributed by atoms with Gasteiger partial charge in [0.05, 0.1) is 22.5 Å². The van der Waals surface area contributed by atoms with Gasteiger partial charge in [0, 0.05) is 11.6 Å². The van der Waals surface area contributed by atoms with Gasteiger partial charge >= 0.3 is 0 Å². The minimum atomic E-state index is 0.631. The lowest BCUT2D eigenvalue weighted by molar-refractivity contribution is 0.415. The Labute approximate surface area is 117 Å². The van der Waals surface area contributed by atoms with Crippen LogP contribution < -0.4 is 4.74 Å². The fourth-order valence-electron chi connectivity index (χ4n) is 1.74. The Bertz CT molecular complexity index is 720. The summed E-state index contributed by atoms with van der Waals surface area (Å²) in [7, 11) is 1.63. The summed E-state index contributed by atoms with van der Waals surface area (Å²) < 4.78 is 6.45. The lowest BCUT2D eigenvalue weighted by atomic mass is 10.3. The topological polar surface area (TPSA) is 37.9 Å². The first-order chi connectivity index (χ1) is 8.67. The molecule has 0 radical (unpaired) electrons. The molecule has 0 bridgehead atoms. The molecule has 0 saturated heterocycles. The van der Waals surface area contributed by atoms with Crippen LogP contribution in [0.25, 0.3) is 22.4 Å². The van der Waals surface area contributed by atoms with Gasteiger partial charge in [-0.05, 0) is 18.2 Å². The number of benzene rings is 1. The number of hydrogen-bond acceptors (Lipinski definition) is 3. The third-order valence-corrected chi connectivity index (χ3v) is 4.09. The minimum Gasteiger partial charge on any atom is -0.497 e. The number of H-pyrrole nitrogens is 1. The number of nitrogens with one attached hydrogen (secondary N) is 1. The molecular formula is C12H8Cl2N2OS. The number of imidazole rings is 1. The third kappa shape index (κ3) is 1.96. The molecule has 0 atom stereocenters. The summed E-state index contributed by atoms with van der Waals surface area (Å²) in [4.78, 5) is 7.70. The summed E-state index contributed by atoms with van der Waals surface area (Å²) in [6.07, 6.45) is 0. The van der Waals surface area contributed by atoms with E-state index in [9.17, 15) is 0 Å². The van der Waals surface area contributed by atoms with Crippen molar-refractivity contribution in [3.05, 3.63) is 32.9 Å². The predicted molar refractivity (Wildman–Crippen MR) is 76.0 cm³/mol. The molecule has 0 aliphatic heterocycles. The zero-order chi connectivity index (χ0) is 12.7. The summed E-state index contributed by atoms with van der Waals surface area (Å²) in [5.74, 6) is 1.50. The molecule has 1 aromatic carbocycles. The molecule has 0 spiro atoms. The van der Waals surface area contributed by atoms with Crippen LogP contribution in [-0.4, -0.2) is 17.1 Å². The zero-order valence-electron chi connectivity index (χ0n) is 9.33. The number of aromatic amines is 1. The second kappa shape index (κ2) is 4.46. The summed E-state index contributed by atoms with van der Waals surface area (Å²) in [6.45, 7) is 0. The number of rotatable bonds is 2. The molecule has 18 heavy (non-hydrogen) atoms. The average Bonchev–Trinajstić information content (AvgIpc) is 2.90. The maximum atomic E-state index is 6.12. The van der Waals surface area contributed by atoms with E-state index in [-0.39, 0.29) is 0 Å². The Hall–Kier alpha value is -1.23. The van der Waals surface area contributed by atoms with E-state index in [1.54, 1.807) is 7.11 Å². The quantitative estimate of drug-likeness (QED) is 0.750. The highest BCUT2D eigenvalue weighted by atomic mass is 35.5. The van der Waals surface area contributed by atoms with Crippen molar-refractivity contribution in [2.75, 3.05) is 7.11 Å². The van der Waals surface area contributed by atoms with Gasteiger partial charge in [0.2, 0.25) is 0 Å². The standard InChI is InChI=1S/C12H8Cl2N2OS/c1-17-6-2-3-8-9(4-6)16-12(15-8)7-5-10(13)18-11(7)14/h2-5H,1H3,(H,15,16). The van der Waals surface area contributed by atoms with Gasteiger partial charge in [0.1, 0.15) is 15.9 Å². The highest BCUT2D eigenvalue weighted by Crippen LogP contribution is 2.37. The van der Waals surface area contributed by atoms with Gasteiger partial charge in [-0.2, -0.15) is 0 Å². The number of fused-ring (bicyclic) bond motifs is 1.